The molecule has 0 heterocycles. The lowest BCUT2D eigenvalue weighted by Crippen LogP contribution is -2.32. The van der Waals surface area contributed by atoms with Gasteiger partial charge in [-0.15, -0.1) is 12.4 Å². The Morgan fingerprint density at radius 2 is 1.95 bits per heavy atom. The summed E-state index contributed by atoms with van der Waals surface area (Å²) in [6.07, 6.45) is 3.38. The van der Waals surface area contributed by atoms with Crippen LogP contribution in [0.25, 0.3) is 0 Å². The number of halogens is 1. The predicted octanol–water partition coefficient (Wildman–Crippen LogP) is 3.64. The summed E-state index contributed by atoms with van der Waals surface area (Å²) in [4.78, 5) is 11.9. The van der Waals surface area contributed by atoms with Crippen LogP contribution in [0.1, 0.15) is 50.4 Å². The molecule has 1 rings (SSSR count). The Morgan fingerprint density at radius 3 is 2.53 bits per heavy atom. The third kappa shape index (κ3) is 7.06. The summed E-state index contributed by atoms with van der Waals surface area (Å²) in [7, 11) is 0. The van der Waals surface area contributed by atoms with E-state index in [-0.39, 0.29) is 24.4 Å². The molecule has 1 amide bonds. The Labute approximate surface area is 122 Å². The number of nitrogens with two attached hydrogens (primary N) is 1. The SMILES string of the molecule is CC(C)CCCC(C)NC(=O)c1cccc(N)c1.Cl. The molecular formula is C15H25ClN2O. The molecule has 3 N–H and O–H groups in total. The smallest absolute Gasteiger partial charge is 0.251 e. The highest BCUT2D eigenvalue weighted by molar-refractivity contribution is 5.95. The molecule has 0 aromatic heterocycles. The molecule has 0 saturated carbocycles. The monoisotopic (exact) mass is 284 g/mol. The van der Waals surface area contributed by atoms with Crippen LogP contribution in [0.15, 0.2) is 24.3 Å². The van der Waals surface area contributed by atoms with Gasteiger partial charge in [-0.2, -0.15) is 0 Å². The van der Waals surface area contributed by atoms with Crippen LogP contribution in [0.4, 0.5) is 5.69 Å². The highest BCUT2D eigenvalue weighted by Crippen LogP contribution is 2.10. The van der Waals surface area contributed by atoms with Gasteiger partial charge in [0.25, 0.3) is 5.91 Å². The van der Waals surface area contributed by atoms with E-state index in [1.54, 1.807) is 24.3 Å². The molecule has 0 radical (unpaired) electrons. The fourth-order valence-electron chi connectivity index (χ4n) is 1.89. The molecule has 0 spiro atoms. The van der Waals surface area contributed by atoms with Crippen molar-refractivity contribution in [2.45, 2.75) is 46.1 Å². The number of anilines is 1. The molecule has 0 aliphatic rings. The lowest BCUT2D eigenvalue weighted by Gasteiger charge is -2.14. The molecule has 0 bridgehead atoms. The molecule has 1 atom stereocenters. The van der Waals surface area contributed by atoms with E-state index in [2.05, 4.69) is 19.2 Å². The van der Waals surface area contributed by atoms with Crippen LogP contribution in [0.5, 0.6) is 0 Å². The number of rotatable bonds is 6. The largest absolute Gasteiger partial charge is 0.399 e. The van der Waals surface area contributed by atoms with Crippen molar-refractivity contribution in [1.82, 2.24) is 5.32 Å². The summed E-state index contributed by atoms with van der Waals surface area (Å²) < 4.78 is 0. The van der Waals surface area contributed by atoms with Crippen molar-refractivity contribution in [3.8, 4) is 0 Å². The van der Waals surface area contributed by atoms with Crippen LogP contribution in [0, 0.1) is 5.92 Å². The second-order valence-electron chi connectivity index (χ2n) is 5.32. The van der Waals surface area contributed by atoms with Crippen molar-refractivity contribution in [1.29, 1.82) is 0 Å². The summed E-state index contributed by atoms with van der Waals surface area (Å²) in [6, 6.07) is 7.27. The maximum atomic E-state index is 11.9. The van der Waals surface area contributed by atoms with Crippen molar-refractivity contribution < 1.29 is 4.79 Å². The van der Waals surface area contributed by atoms with Gasteiger partial charge in [-0.1, -0.05) is 32.8 Å². The van der Waals surface area contributed by atoms with E-state index < -0.39 is 0 Å². The summed E-state index contributed by atoms with van der Waals surface area (Å²) in [5.41, 5.74) is 6.91. The molecule has 19 heavy (non-hydrogen) atoms. The summed E-state index contributed by atoms with van der Waals surface area (Å²) in [5.74, 6) is 0.682. The zero-order chi connectivity index (χ0) is 13.5. The second-order valence-corrected chi connectivity index (χ2v) is 5.32. The third-order valence-electron chi connectivity index (χ3n) is 2.94. The molecule has 0 aliphatic heterocycles. The van der Waals surface area contributed by atoms with Gasteiger partial charge in [0.1, 0.15) is 0 Å². The van der Waals surface area contributed by atoms with Gasteiger partial charge >= 0.3 is 0 Å². The highest BCUT2D eigenvalue weighted by atomic mass is 35.5. The van der Waals surface area contributed by atoms with Crippen molar-refractivity contribution in [3.63, 3.8) is 0 Å². The quantitative estimate of drug-likeness (QED) is 0.784. The lowest BCUT2D eigenvalue weighted by atomic mass is 10.0. The standard InChI is InChI=1S/C15H24N2O.ClH/c1-11(2)6-4-7-12(3)17-15(18)13-8-5-9-14(16)10-13;/h5,8-12H,4,6-7,16H2,1-3H3,(H,17,18);1H. The fourth-order valence-corrected chi connectivity index (χ4v) is 1.89. The van der Waals surface area contributed by atoms with Gasteiger partial charge in [-0.25, -0.2) is 0 Å². The summed E-state index contributed by atoms with van der Waals surface area (Å²) >= 11 is 0. The predicted molar refractivity (Wildman–Crippen MR) is 83.7 cm³/mol. The van der Waals surface area contributed by atoms with Crippen LogP contribution in [-0.4, -0.2) is 11.9 Å². The van der Waals surface area contributed by atoms with Crippen LogP contribution >= 0.6 is 12.4 Å². The molecular weight excluding hydrogens is 260 g/mol. The maximum absolute atomic E-state index is 11.9. The van der Waals surface area contributed by atoms with Gasteiger partial charge in [0, 0.05) is 17.3 Å². The first-order valence-electron chi connectivity index (χ1n) is 6.65. The minimum Gasteiger partial charge on any atom is -0.399 e. The van der Waals surface area contributed by atoms with E-state index in [1.165, 1.54) is 6.42 Å². The first-order valence-corrected chi connectivity index (χ1v) is 6.65. The zero-order valence-corrected chi connectivity index (χ0v) is 12.8. The van der Waals surface area contributed by atoms with Gasteiger partial charge in [0.05, 0.1) is 0 Å². The minimum absolute atomic E-state index is 0. The van der Waals surface area contributed by atoms with Crippen molar-refractivity contribution in [2.24, 2.45) is 5.92 Å². The molecule has 3 nitrogen and oxygen atoms in total. The zero-order valence-electron chi connectivity index (χ0n) is 12.0. The van der Waals surface area contributed by atoms with E-state index >= 15 is 0 Å². The number of amides is 1. The van der Waals surface area contributed by atoms with E-state index in [9.17, 15) is 4.79 Å². The molecule has 4 heteroatoms. The van der Waals surface area contributed by atoms with Gasteiger partial charge < -0.3 is 11.1 Å². The topological polar surface area (TPSA) is 55.1 Å². The average Bonchev–Trinajstić information content (AvgIpc) is 2.28. The first-order chi connectivity index (χ1) is 8.49. The molecule has 108 valence electrons. The van der Waals surface area contributed by atoms with Crippen molar-refractivity contribution in [3.05, 3.63) is 29.8 Å². The maximum Gasteiger partial charge on any atom is 0.251 e. The second kappa shape index (κ2) is 8.81. The van der Waals surface area contributed by atoms with Crippen LogP contribution in [-0.2, 0) is 0 Å². The van der Waals surface area contributed by atoms with Crippen LogP contribution in [0.3, 0.4) is 0 Å². The Hall–Kier alpha value is -1.22. The number of benzene rings is 1. The van der Waals surface area contributed by atoms with E-state index in [1.807, 2.05) is 6.92 Å². The number of nitrogen functional groups attached to an aromatic ring is 1. The third-order valence-corrected chi connectivity index (χ3v) is 2.94. The summed E-state index contributed by atoms with van der Waals surface area (Å²) in [6.45, 7) is 6.48. The summed E-state index contributed by atoms with van der Waals surface area (Å²) in [5, 5.41) is 3.00. The van der Waals surface area contributed by atoms with Crippen LogP contribution in [0.2, 0.25) is 0 Å². The molecule has 0 fully saturated rings. The molecule has 0 saturated heterocycles. The molecule has 1 aromatic rings. The normalized spacial score (nSPS) is 11.8. The van der Waals surface area contributed by atoms with Gasteiger partial charge in [0.2, 0.25) is 0 Å². The van der Waals surface area contributed by atoms with Gasteiger partial charge in [0.15, 0.2) is 0 Å². The van der Waals surface area contributed by atoms with Crippen molar-refractivity contribution >= 4 is 24.0 Å². The Morgan fingerprint density at radius 1 is 1.26 bits per heavy atom. The number of nitrogens with one attached hydrogen (secondary N) is 1. The highest BCUT2D eigenvalue weighted by Gasteiger charge is 2.09. The number of hydrogen-bond donors (Lipinski definition) is 2. The van der Waals surface area contributed by atoms with Crippen LogP contribution < -0.4 is 11.1 Å². The molecule has 1 aromatic carbocycles. The number of hydrogen-bond acceptors (Lipinski definition) is 2. The minimum atomic E-state index is -0.0423. The molecule has 0 aliphatic carbocycles. The molecule has 1 unspecified atom stereocenters. The first kappa shape index (κ1) is 17.8. The Balaban J connectivity index is 0.00000324. The van der Waals surface area contributed by atoms with Crippen molar-refractivity contribution in [2.75, 3.05) is 5.73 Å². The fraction of sp³-hybridized carbons (Fsp3) is 0.533. The Kier molecular flexibility index (Phi) is 8.24. The number of carbonyl (C=O) groups excluding carboxylic acids is 1. The van der Waals surface area contributed by atoms with E-state index in [4.69, 9.17) is 5.73 Å². The Bertz CT molecular complexity index is 393. The average molecular weight is 285 g/mol. The van der Waals surface area contributed by atoms with E-state index in [0.29, 0.717) is 11.3 Å². The van der Waals surface area contributed by atoms with Gasteiger partial charge in [-0.3, -0.25) is 4.79 Å². The number of carbonyl (C=O) groups is 1. The van der Waals surface area contributed by atoms with E-state index in [0.717, 1.165) is 18.8 Å². The van der Waals surface area contributed by atoms with Gasteiger partial charge in [-0.05, 0) is 37.5 Å². The lowest BCUT2D eigenvalue weighted by molar-refractivity contribution is 0.0938.